The summed E-state index contributed by atoms with van der Waals surface area (Å²) in [4.78, 5) is 13.1. The Morgan fingerprint density at radius 3 is 2.44 bits per heavy atom. The Morgan fingerprint density at radius 2 is 1.88 bits per heavy atom. The van der Waals surface area contributed by atoms with Crippen molar-refractivity contribution in [2.45, 2.75) is 25.8 Å². The van der Waals surface area contributed by atoms with E-state index in [-0.39, 0.29) is 5.91 Å². The summed E-state index contributed by atoms with van der Waals surface area (Å²) >= 11 is 0. The van der Waals surface area contributed by atoms with Crippen LogP contribution in [0.2, 0.25) is 0 Å². The second-order valence-corrected chi connectivity index (χ2v) is 4.29. The number of carbonyl (C=O) groups is 1. The van der Waals surface area contributed by atoms with E-state index in [1.807, 2.05) is 23.1 Å². The molecule has 0 aromatic heterocycles. The second-order valence-electron chi connectivity index (χ2n) is 4.29. The highest BCUT2D eigenvalue weighted by Gasteiger charge is 2.20. The molecule has 1 saturated heterocycles. The first-order valence-corrected chi connectivity index (χ1v) is 5.83. The zero-order valence-electron chi connectivity index (χ0n) is 9.65. The third-order valence-electron chi connectivity index (χ3n) is 3.08. The summed E-state index contributed by atoms with van der Waals surface area (Å²) in [6.07, 6.45) is 2.07. The highest BCUT2D eigenvalue weighted by atomic mass is 16.2. The van der Waals surface area contributed by atoms with Gasteiger partial charge in [0.15, 0.2) is 0 Å². The summed E-state index contributed by atoms with van der Waals surface area (Å²) < 4.78 is 0. The first-order chi connectivity index (χ1) is 7.75. The largest absolute Gasteiger partial charge is 0.382 e. The van der Waals surface area contributed by atoms with Crippen LogP contribution in [0.15, 0.2) is 30.3 Å². The average Bonchev–Trinajstić information content (AvgIpc) is 2.31. The highest BCUT2D eigenvalue weighted by molar-refractivity contribution is 5.73. The maximum atomic E-state index is 11.2. The number of hydrogen-bond acceptors (Lipinski definition) is 2. The number of nitrogens with zero attached hydrogens (tertiary/aromatic N) is 1. The molecule has 0 aliphatic carbocycles. The smallest absolute Gasteiger partial charge is 0.219 e. The van der Waals surface area contributed by atoms with Crippen molar-refractivity contribution in [2.24, 2.45) is 0 Å². The topological polar surface area (TPSA) is 32.3 Å². The molecular weight excluding hydrogens is 200 g/mol. The Morgan fingerprint density at radius 1 is 1.25 bits per heavy atom. The fourth-order valence-corrected chi connectivity index (χ4v) is 2.11. The molecule has 1 amide bonds. The monoisotopic (exact) mass is 218 g/mol. The maximum absolute atomic E-state index is 11.2. The molecule has 1 heterocycles. The van der Waals surface area contributed by atoms with Gasteiger partial charge in [-0.1, -0.05) is 18.2 Å². The van der Waals surface area contributed by atoms with Crippen LogP contribution in [0.4, 0.5) is 5.69 Å². The number of rotatable bonds is 2. The lowest BCUT2D eigenvalue weighted by Crippen LogP contribution is -2.41. The SMILES string of the molecule is CC(=O)N1CCC(Nc2ccccc2)CC1. The molecule has 0 atom stereocenters. The van der Waals surface area contributed by atoms with Gasteiger partial charge in [0.05, 0.1) is 0 Å². The van der Waals surface area contributed by atoms with E-state index in [1.54, 1.807) is 6.92 Å². The summed E-state index contributed by atoms with van der Waals surface area (Å²) in [5.74, 6) is 0.193. The summed E-state index contributed by atoms with van der Waals surface area (Å²) in [6.45, 7) is 3.39. The highest BCUT2D eigenvalue weighted by Crippen LogP contribution is 2.16. The fraction of sp³-hybridized carbons (Fsp3) is 0.462. The summed E-state index contributed by atoms with van der Waals surface area (Å²) in [6, 6.07) is 10.7. The number of amides is 1. The van der Waals surface area contributed by atoms with Crippen molar-refractivity contribution in [3.8, 4) is 0 Å². The van der Waals surface area contributed by atoms with Crippen LogP contribution in [0.25, 0.3) is 0 Å². The molecule has 3 heteroatoms. The molecule has 2 rings (SSSR count). The molecule has 1 aromatic carbocycles. The first-order valence-electron chi connectivity index (χ1n) is 5.83. The van der Waals surface area contributed by atoms with E-state index in [4.69, 9.17) is 0 Å². The lowest BCUT2D eigenvalue weighted by molar-refractivity contribution is -0.129. The van der Waals surface area contributed by atoms with Crippen molar-refractivity contribution in [1.29, 1.82) is 0 Å². The van der Waals surface area contributed by atoms with Crippen molar-refractivity contribution >= 4 is 11.6 Å². The number of carbonyl (C=O) groups excluding carboxylic acids is 1. The summed E-state index contributed by atoms with van der Waals surface area (Å²) in [5.41, 5.74) is 1.17. The number of para-hydroxylation sites is 1. The van der Waals surface area contributed by atoms with E-state index < -0.39 is 0 Å². The fourth-order valence-electron chi connectivity index (χ4n) is 2.11. The zero-order chi connectivity index (χ0) is 11.4. The number of likely N-dealkylation sites (tertiary alicyclic amines) is 1. The minimum Gasteiger partial charge on any atom is -0.382 e. The Balaban J connectivity index is 1.84. The minimum atomic E-state index is 0.193. The first kappa shape index (κ1) is 11.0. The van der Waals surface area contributed by atoms with Gasteiger partial charge < -0.3 is 10.2 Å². The number of benzene rings is 1. The third-order valence-corrected chi connectivity index (χ3v) is 3.08. The van der Waals surface area contributed by atoms with Gasteiger partial charge in [0.1, 0.15) is 0 Å². The van der Waals surface area contributed by atoms with Crippen LogP contribution < -0.4 is 5.32 Å². The molecule has 0 saturated carbocycles. The summed E-state index contributed by atoms with van der Waals surface area (Å²) in [7, 11) is 0. The van der Waals surface area contributed by atoms with Crippen molar-refractivity contribution in [3.63, 3.8) is 0 Å². The zero-order valence-corrected chi connectivity index (χ0v) is 9.65. The predicted octanol–water partition coefficient (Wildman–Crippen LogP) is 2.11. The van der Waals surface area contributed by atoms with Crippen molar-refractivity contribution in [2.75, 3.05) is 18.4 Å². The Kier molecular flexibility index (Phi) is 3.44. The van der Waals surface area contributed by atoms with Crippen LogP contribution in [0.5, 0.6) is 0 Å². The number of piperidine rings is 1. The molecular formula is C13H18N2O. The average molecular weight is 218 g/mol. The van der Waals surface area contributed by atoms with E-state index in [0.717, 1.165) is 25.9 Å². The lowest BCUT2D eigenvalue weighted by atomic mass is 10.0. The van der Waals surface area contributed by atoms with Gasteiger partial charge in [0.2, 0.25) is 5.91 Å². The molecule has 3 nitrogen and oxygen atoms in total. The number of nitrogens with one attached hydrogen (secondary N) is 1. The van der Waals surface area contributed by atoms with Gasteiger partial charge in [-0.15, -0.1) is 0 Å². The minimum absolute atomic E-state index is 0.193. The van der Waals surface area contributed by atoms with E-state index in [1.165, 1.54) is 5.69 Å². The van der Waals surface area contributed by atoms with Crippen LogP contribution in [0, 0.1) is 0 Å². The van der Waals surface area contributed by atoms with Crippen molar-refractivity contribution in [3.05, 3.63) is 30.3 Å². The number of hydrogen-bond donors (Lipinski definition) is 1. The van der Waals surface area contributed by atoms with Crippen molar-refractivity contribution < 1.29 is 4.79 Å². The maximum Gasteiger partial charge on any atom is 0.219 e. The molecule has 16 heavy (non-hydrogen) atoms. The number of anilines is 1. The van der Waals surface area contributed by atoms with E-state index >= 15 is 0 Å². The van der Waals surface area contributed by atoms with Crippen LogP contribution in [-0.4, -0.2) is 29.9 Å². The molecule has 86 valence electrons. The van der Waals surface area contributed by atoms with Gasteiger partial charge in [-0.05, 0) is 25.0 Å². The molecule has 0 unspecified atom stereocenters. The van der Waals surface area contributed by atoms with E-state index in [9.17, 15) is 4.79 Å². The Labute approximate surface area is 96.5 Å². The standard InChI is InChI=1S/C13H18N2O/c1-11(16)15-9-7-13(8-10-15)14-12-5-3-2-4-6-12/h2-6,13-14H,7-10H2,1H3. The van der Waals surface area contributed by atoms with E-state index in [0.29, 0.717) is 6.04 Å². The van der Waals surface area contributed by atoms with Gasteiger partial charge in [-0.25, -0.2) is 0 Å². The molecule has 1 aromatic rings. The van der Waals surface area contributed by atoms with E-state index in [2.05, 4.69) is 17.4 Å². The third kappa shape index (κ3) is 2.75. The van der Waals surface area contributed by atoms with Gasteiger partial charge in [0.25, 0.3) is 0 Å². The second kappa shape index (κ2) is 5.01. The van der Waals surface area contributed by atoms with Crippen LogP contribution in [-0.2, 0) is 4.79 Å². The van der Waals surface area contributed by atoms with Crippen molar-refractivity contribution in [1.82, 2.24) is 4.90 Å². The van der Waals surface area contributed by atoms with Crippen LogP contribution in [0.3, 0.4) is 0 Å². The Bertz CT molecular complexity index is 342. The lowest BCUT2D eigenvalue weighted by Gasteiger charge is -2.32. The van der Waals surface area contributed by atoms with Gasteiger partial charge >= 0.3 is 0 Å². The molecule has 0 bridgehead atoms. The van der Waals surface area contributed by atoms with Crippen LogP contribution >= 0.6 is 0 Å². The van der Waals surface area contributed by atoms with Crippen LogP contribution in [0.1, 0.15) is 19.8 Å². The predicted molar refractivity (Wildman–Crippen MR) is 65.3 cm³/mol. The Hall–Kier alpha value is -1.51. The van der Waals surface area contributed by atoms with Gasteiger partial charge in [-0.2, -0.15) is 0 Å². The molecule has 0 spiro atoms. The molecule has 1 aliphatic heterocycles. The molecule has 1 aliphatic rings. The quantitative estimate of drug-likeness (QED) is 0.824. The molecule has 1 N–H and O–H groups in total. The van der Waals surface area contributed by atoms with Gasteiger partial charge in [-0.3, -0.25) is 4.79 Å². The summed E-state index contributed by atoms with van der Waals surface area (Å²) in [5, 5.41) is 3.50. The normalized spacial score (nSPS) is 17.2. The van der Waals surface area contributed by atoms with Gasteiger partial charge in [0, 0.05) is 31.7 Å². The molecule has 1 fully saturated rings. The molecule has 0 radical (unpaired) electrons.